The minimum Gasteiger partial charge on any atom is -0.490 e. The first kappa shape index (κ1) is 13.5. The van der Waals surface area contributed by atoms with Crippen LogP contribution < -0.4 is 4.74 Å². The second-order valence-corrected chi connectivity index (χ2v) is 7.88. The van der Waals surface area contributed by atoms with Gasteiger partial charge < -0.3 is 4.74 Å². The summed E-state index contributed by atoms with van der Waals surface area (Å²) in [7, 11) is 0. The molecule has 19 heavy (non-hydrogen) atoms. The maximum absolute atomic E-state index is 5.79. The van der Waals surface area contributed by atoms with Crippen molar-refractivity contribution in [3.05, 3.63) is 29.3 Å². The predicted molar refractivity (Wildman–Crippen MR) is 83.0 cm³/mol. The quantitative estimate of drug-likeness (QED) is 0.674. The van der Waals surface area contributed by atoms with Gasteiger partial charge in [0.2, 0.25) is 0 Å². The molecule has 1 heterocycles. The van der Waals surface area contributed by atoms with Crippen LogP contribution >= 0.6 is 15.9 Å². The number of alkyl halides is 1. The lowest BCUT2D eigenvalue weighted by molar-refractivity contribution is 0.254. The lowest BCUT2D eigenvalue weighted by Crippen LogP contribution is -2.21. The van der Waals surface area contributed by atoms with Gasteiger partial charge >= 0.3 is 0 Å². The molecule has 2 heteroatoms. The zero-order valence-corrected chi connectivity index (χ0v) is 13.7. The molecule has 1 aliphatic heterocycles. The average molecular weight is 323 g/mol. The third-order valence-electron chi connectivity index (χ3n) is 4.93. The summed E-state index contributed by atoms with van der Waals surface area (Å²) in [5, 5.41) is 0. The highest BCUT2D eigenvalue weighted by atomic mass is 79.9. The average Bonchev–Trinajstić information content (AvgIpc) is 2.88. The first-order chi connectivity index (χ1) is 8.97. The van der Waals surface area contributed by atoms with E-state index in [1.807, 2.05) is 0 Å². The van der Waals surface area contributed by atoms with Crippen molar-refractivity contribution >= 4 is 15.9 Å². The third-order valence-corrected chi connectivity index (χ3v) is 6.10. The van der Waals surface area contributed by atoms with Crippen LogP contribution in [0.5, 0.6) is 5.75 Å². The highest BCUT2D eigenvalue weighted by Crippen LogP contribution is 2.52. The van der Waals surface area contributed by atoms with Crippen LogP contribution in [0.3, 0.4) is 0 Å². The lowest BCUT2D eigenvalue weighted by Gasteiger charge is -2.31. The maximum atomic E-state index is 5.79. The summed E-state index contributed by atoms with van der Waals surface area (Å²) in [6.07, 6.45) is 5.45. The molecule has 0 N–H and O–H groups in total. The second-order valence-electron chi connectivity index (χ2n) is 6.89. The highest BCUT2D eigenvalue weighted by molar-refractivity contribution is 9.09. The van der Waals surface area contributed by atoms with E-state index in [9.17, 15) is 0 Å². The van der Waals surface area contributed by atoms with Crippen LogP contribution in [0.25, 0.3) is 0 Å². The summed E-state index contributed by atoms with van der Waals surface area (Å²) < 4.78 is 5.79. The Morgan fingerprint density at radius 2 is 2.16 bits per heavy atom. The predicted octanol–water partition coefficient (Wildman–Crippen LogP) is 5.27. The molecule has 1 aromatic carbocycles. The van der Waals surface area contributed by atoms with E-state index in [0.717, 1.165) is 18.1 Å². The van der Waals surface area contributed by atoms with Crippen molar-refractivity contribution in [1.29, 1.82) is 0 Å². The number of ether oxygens (including phenoxy) is 1. The van der Waals surface area contributed by atoms with Crippen LogP contribution in [0, 0.1) is 11.3 Å². The van der Waals surface area contributed by atoms with Crippen LogP contribution in [0.1, 0.15) is 56.0 Å². The van der Waals surface area contributed by atoms with Gasteiger partial charge in [-0.1, -0.05) is 48.3 Å². The van der Waals surface area contributed by atoms with Crippen molar-refractivity contribution in [2.75, 3.05) is 0 Å². The van der Waals surface area contributed by atoms with E-state index >= 15 is 0 Å². The number of hydrogen-bond donors (Lipinski definition) is 0. The minimum atomic E-state index is 0.335. The van der Waals surface area contributed by atoms with E-state index in [1.165, 1.54) is 30.4 Å². The number of rotatable bonds is 2. The number of benzene rings is 1. The van der Waals surface area contributed by atoms with Gasteiger partial charge in [-0.25, -0.2) is 0 Å². The molecule has 3 unspecified atom stereocenters. The molecular formula is C17H23BrO. The number of halogens is 1. The van der Waals surface area contributed by atoms with E-state index in [4.69, 9.17) is 4.74 Å². The van der Waals surface area contributed by atoms with Crippen molar-refractivity contribution < 1.29 is 4.74 Å². The van der Waals surface area contributed by atoms with E-state index < -0.39 is 0 Å². The fourth-order valence-electron chi connectivity index (χ4n) is 3.74. The Morgan fingerprint density at radius 3 is 2.84 bits per heavy atom. The van der Waals surface area contributed by atoms with Crippen LogP contribution in [-0.2, 0) is 6.42 Å². The Morgan fingerprint density at radius 1 is 1.37 bits per heavy atom. The first-order valence-electron chi connectivity index (χ1n) is 7.41. The molecule has 0 radical (unpaired) electrons. The second kappa shape index (κ2) is 4.80. The molecule has 0 amide bonds. The summed E-state index contributed by atoms with van der Waals surface area (Å²) in [5.41, 5.74) is 3.26. The summed E-state index contributed by atoms with van der Waals surface area (Å²) in [6.45, 7) is 6.97. The number of fused-ring (bicyclic) bond motifs is 1. The van der Waals surface area contributed by atoms with Gasteiger partial charge in [-0.05, 0) is 48.3 Å². The van der Waals surface area contributed by atoms with Gasteiger partial charge in [-0.15, -0.1) is 0 Å². The van der Waals surface area contributed by atoms with Crippen molar-refractivity contribution in [3.8, 4) is 5.75 Å². The molecular weight excluding hydrogens is 300 g/mol. The Balaban J connectivity index is 1.85. The van der Waals surface area contributed by atoms with E-state index in [-0.39, 0.29) is 0 Å². The first-order valence-corrected chi connectivity index (χ1v) is 8.32. The molecule has 1 fully saturated rings. The van der Waals surface area contributed by atoms with Crippen LogP contribution in [0.4, 0.5) is 0 Å². The standard InChI is InChI=1S/C17H23BrO/c1-11-9-13-10-12(6-7-15(13)19-11)16(18)14-5-4-8-17(14,2)3/h6-7,10-11,14,16H,4-5,8-9H2,1-3H3. The van der Waals surface area contributed by atoms with Crippen molar-refractivity contribution in [2.24, 2.45) is 11.3 Å². The molecule has 2 aliphatic rings. The lowest BCUT2D eigenvalue weighted by atomic mass is 9.78. The Kier molecular flexibility index (Phi) is 3.41. The molecule has 3 atom stereocenters. The van der Waals surface area contributed by atoms with Crippen LogP contribution in [0.2, 0.25) is 0 Å². The topological polar surface area (TPSA) is 9.23 Å². The van der Waals surface area contributed by atoms with Gasteiger partial charge in [0.15, 0.2) is 0 Å². The van der Waals surface area contributed by atoms with Gasteiger partial charge in [0.05, 0.1) is 0 Å². The van der Waals surface area contributed by atoms with Crippen LogP contribution in [-0.4, -0.2) is 6.10 Å². The van der Waals surface area contributed by atoms with E-state index in [2.05, 4.69) is 54.9 Å². The van der Waals surface area contributed by atoms with Crippen molar-refractivity contribution in [2.45, 2.75) is 57.4 Å². The normalized spacial score (nSPS) is 29.9. The van der Waals surface area contributed by atoms with Gasteiger partial charge in [0.25, 0.3) is 0 Å². The molecule has 1 aliphatic carbocycles. The summed E-state index contributed by atoms with van der Waals surface area (Å²) in [5.74, 6) is 1.83. The van der Waals surface area contributed by atoms with E-state index in [1.54, 1.807) is 0 Å². The smallest absolute Gasteiger partial charge is 0.123 e. The SMILES string of the molecule is CC1Cc2cc(C(Br)C3CCCC3(C)C)ccc2O1. The summed E-state index contributed by atoms with van der Waals surface area (Å²) in [4.78, 5) is 0.478. The Labute approximate surface area is 124 Å². The third kappa shape index (κ3) is 2.44. The summed E-state index contributed by atoms with van der Waals surface area (Å²) >= 11 is 3.97. The van der Waals surface area contributed by atoms with Gasteiger partial charge in [-0.3, -0.25) is 0 Å². The Bertz CT molecular complexity index is 480. The molecule has 1 saturated carbocycles. The number of hydrogen-bond acceptors (Lipinski definition) is 1. The monoisotopic (exact) mass is 322 g/mol. The Hall–Kier alpha value is -0.500. The van der Waals surface area contributed by atoms with Gasteiger partial charge in [-0.2, -0.15) is 0 Å². The fourth-order valence-corrected chi connectivity index (χ4v) is 5.01. The molecule has 0 bridgehead atoms. The fraction of sp³-hybridized carbons (Fsp3) is 0.647. The van der Waals surface area contributed by atoms with Gasteiger partial charge in [0.1, 0.15) is 11.9 Å². The zero-order chi connectivity index (χ0) is 13.6. The molecule has 104 valence electrons. The molecule has 0 saturated heterocycles. The summed E-state index contributed by atoms with van der Waals surface area (Å²) in [6, 6.07) is 6.75. The molecule has 1 aromatic rings. The maximum Gasteiger partial charge on any atom is 0.123 e. The zero-order valence-electron chi connectivity index (χ0n) is 12.1. The highest BCUT2D eigenvalue weighted by Gasteiger charge is 2.39. The molecule has 0 aromatic heterocycles. The van der Waals surface area contributed by atoms with E-state index in [0.29, 0.717) is 16.3 Å². The molecule has 3 rings (SSSR count). The van der Waals surface area contributed by atoms with Crippen molar-refractivity contribution in [1.82, 2.24) is 0 Å². The molecule has 0 spiro atoms. The van der Waals surface area contributed by atoms with Crippen LogP contribution in [0.15, 0.2) is 18.2 Å². The minimum absolute atomic E-state index is 0.335. The van der Waals surface area contributed by atoms with Crippen molar-refractivity contribution in [3.63, 3.8) is 0 Å². The largest absolute Gasteiger partial charge is 0.490 e. The molecule has 1 nitrogen and oxygen atoms in total. The van der Waals surface area contributed by atoms with Gasteiger partial charge in [0, 0.05) is 11.2 Å².